The monoisotopic (exact) mass is 188 g/mol. The Morgan fingerprint density at radius 3 is 1.36 bits per heavy atom. The van der Waals surface area contributed by atoms with Crippen LogP contribution in [0, 0.1) is 34.6 Å². The third-order valence-corrected chi connectivity index (χ3v) is 3.39. The van der Waals surface area contributed by atoms with Gasteiger partial charge >= 0.3 is 0 Å². The summed E-state index contributed by atoms with van der Waals surface area (Å²) < 4.78 is 0. The minimum absolute atomic E-state index is 1.40. The third-order valence-electron chi connectivity index (χ3n) is 3.39. The number of benzene rings is 1. The van der Waals surface area contributed by atoms with Gasteiger partial charge < -0.3 is 0 Å². The lowest BCUT2D eigenvalue weighted by Gasteiger charge is -2.16. The molecule has 0 amide bonds. The van der Waals surface area contributed by atoms with Gasteiger partial charge in [-0.2, -0.15) is 0 Å². The summed E-state index contributed by atoms with van der Waals surface area (Å²) in [6.07, 6.45) is 4.33. The maximum absolute atomic E-state index is 2.21. The van der Waals surface area contributed by atoms with Crippen molar-refractivity contribution in [2.75, 3.05) is 0 Å². The largest absolute Gasteiger partial charge is 0.0870 e. The van der Waals surface area contributed by atoms with E-state index < -0.39 is 0 Å². The zero-order valence-corrected chi connectivity index (χ0v) is 10.2. The summed E-state index contributed by atoms with van der Waals surface area (Å²) in [7, 11) is 0. The van der Waals surface area contributed by atoms with E-state index in [0.29, 0.717) is 0 Å². The van der Waals surface area contributed by atoms with Crippen LogP contribution in [0.2, 0.25) is 0 Å². The molecule has 0 heterocycles. The molecule has 0 saturated carbocycles. The lowest BCUT2D eigenvalue weighted by atomic mass is 9.89. The summed E-state index contributed by atoms with van der Waals surface area (Å²) in [5, 5.41) is 0. The Kier molecular flexibility index (Phi) is 3.15. The van der Waals surface area contributed by atoms with Crippen LogP contribution >= 0.6 is 0 Å². The van der Waals surface area contributed by atoms with E-state index in [1.165, 1.54) is 33.4 Å². The molecule has 0 unspecified atom stereocenters. The molecule has 0 aliphatic rings. The van der Waals surface area contributed by atoms with Crippen molar-refractivity contribution in [1.82, 2.24) is 0 Å². The Balaban J connectivity index is 3.59. The van der Waals surface area contributed by atoms with Crippen molar-refractivity contribution in [1.29, 1.82) is 0 Å². The van der Waals surface area contributed by atoms with E-state index in [1.54, 1.807) is 0 Å². The highest BCUT2D eigenvalue weighted by Crippen LogP contribution is 2.26. The molecule has 0 aliphatic carbocycles. The molecule has 0 aromatic heterocycles. The minimum atomic E-state index is 1.40. The van der Waals surface area contributed by atoms with Gasteiger partial charge in [-0.15, -0.1) is 0 Å². The van der Waals surface area contributed by atoms with E-state index in [4.69, 9.17) is 0 Å². The van der Waals surface area contributed by atoms with E-state index in [1.807, 2.05) is 0 Å². The molecule has 0 nitrogen and oxygen atoms in total. The summed E-state index contributed by atoms with van der Waals surface area (Å²) in [4.78, 5) is 0. The highest BCUT2D eigenvalue weighted by Gasteiger charge is 2.09. The molecule has 76 valence electrons. The smallest absolute Gasteiger partial charge is 0.0196 e. The first kappa shape index (κ1) is 11.0. The predicted molar refractivity (Wildman–Crippen MR) is 64.8 cm³/mol. The van der Waals surface area contributed by atoms with Gasteiger partial charge in [-0.05, 0) is 74.9 Å². The molecule has 0 N–H and O–H groups in total. The molecular weight excluding hydrogens is 168 g/mol. The van der Waals surface area contributed by atoms with Crippen molar-refractivity contribution in [2.24, 2.45) is 0 Å². The number of hydrogen-bond donors (Lipinski definition) is 0. The average molecular weight is 188 g/mol. The molecule has 0 atom stereocenters. The second kappa shape index (κ2) is 4.00. The molecule has 0 spiro atoms. The van der Waals surface area contributed by atoms with Crippen LogP contribution in [0.1, 0.15) is 40.3 Å². The van der Waals surface area contributed by atoms with Crippen LogP contribution in [-0.2, 0) is 0 Å². The first-order chi connectivity index (χ1) is 6.50. The van der Waals surface area contributed by atoms with Gasteiger partial charge in [0.1, 0.15) is 0 Å². The lowest BCUT2D eigenvalue weighted by Crippen LogP contribution is -1.98. The highest BCUT2D eigenvalue weighted by atomic mass is 14.1. The van der Waals surface area contributed by atoms with Crippen molar-refractivity contribution in [2.45, 2.75) is 41.5 Å². The summed E-state index contributed by atoms with van der Waals surface area (Å²) >= 11 is 0. The Hall–Kier alpha value is -1.04. The van der Waals surface area contributed by atoms with Gasteiger partial charge in [0.05, 0.1) is 0 Å². The zero-order valence-electron chi connectivity index (χ0n) is 10.2. The zero-order chi connectivity index (χ0) is 10.9. The molecule has 14 heavy (non-hydrogen) atoms. The number of hydrogen-bond acceptors (Lipinski definition) is 0. The molecule has 0 heteroatoms. The van der Waals surface area contributed by atoms with Crippen molar-refractivity contribution < 1.29 is 0 Å². The standard InChI is InChI=1S/C14H20/c1-7-8-14-12(5)10(3)9(2)11(4)13(14)6/h7-8H,1-6H3/b8-7+. The fraction of sp³-hybridized carbons (Fsp3) is 0.429. The summed E-state index contributed by atoms with van der Waals surface area (Å²) in [6.45, 7) is 13.1. The van der Waals surface area contributed by atoms with Crippen molar-refractivity contribution in [3.63, 3.8) is 0 Å². The van der Waals surface area contributed by atoms with Crippen LogP contribution in [-0.4, -0.2) is 0 Å². The molecule has 0 bridgehead atoms. The lowest BCUT2D eigenvalue weighted by molar-refractivity contribution is 1.16. The molecule has 0 aliphatic heterocycles. The molecular formula is C14H20. The van der Waals surface area contributed by atoms with Crippen LogP contribution in [0.3, 0.4) is 0 Å². The summed E-state index contributed by atoms with van der Waals surface area (Å²) in [6, 6.07) is 0. The maximum atomic E-state index is 2.21. The Labute approximate surface area is 87.7 Å². The summed E-state index contributed by atoms with van der Waals surface area (Å²) in [5.41, 5.74) is 8.54. The third kappa shape index (κ3) is 1.61. The topological polar surface area (TPSA) is 0 Å². The first-order valence-corrected chi connectivity index (χ1v) is 5.20. The van der Waals surface area contributed by atoms with Gasteiger partial charge in [0, 0.05) is 0 Å². The van der Waals surface area contributed by atoms with Gasteiger partial charge in [-0.1, -0.05) is 12.2 Å². The highest BCUT2D eigenvalue weighted by molar-refractivity contribution is 5.63. The Bertz CT molecular complexity index is 353. The van der Waals surface area contributed by atoms with Gasteiger partial charge in [-0.25, -0.2) is 0 Å². The Morgan fingerprint density at radius 2 is 1.00 bits per heavy atom. The van der Waals surface area contributed by atoms with Crippen molar-refractivity contribution in [3.05, 3.63) is 39.5 Å². The average Bonchev–Trinajstić information content (AvgIpc) is 2.19. The molecule has 0 radical (unpaired) electrons. The summed E-state index contributed by atoms with van der Waals surface area (Å²) in [5.74, 6) is 0. The van der Waals surface area contributed by atoms with E-state index >= 15 is 0 Å². The van der Waals surface area contributed by atoms with Crippen molar-refractivity contribution in [3.8, 4) is 0 Å². The molecule has 0 saturated heterocycles. The fourth-order valence-corrected chi connectivity index (χ4v) is 1.95. The first-order valence-electron chi connectivity index (χ1n) is 5.20. The van der Waals surface area contributed by atoms with Crippen LogP contribution in [0.4, 0.5) is 0 Å². The van der Waals surface area contributed by atoms with E-state index in [9.17, 15) is 0 Å². The quantitative estimate of drug-likeness (QED) is 0.617. The van der Waals surface area contributed by atoms with Crippen LogP contribution in [0.15, 0.2) is 6.08 Å². The van der Waals surface area contributed by atoms with Crippen LogP contribution in [0.25, 0.3) is 6.08 Å². The molecule has 1 rings (SSSR count). The van der Waals surface area contributed by atoms with Gasteiger partial charge in [0.2, 0.25) is 0 Å². The van der Waals surface area contributed by atoms with Crippen molar-refractivity contribution >= 4 is 6.08 Å². The normalized spacial score (nSPS) is 11.3. The number of rotatable bonds is 1. The maximum Gasteiger partial charge on any atom is -0.0196 e. The van der Waals surface area contributed by atoms with Gasteiger partial charge in [-0.3, -0.25) is 0 Å². The second-order valence-electron chi connectivity index (χ2n) is 4.04. The van der Waals surface area contributed by atoms with Crippen LogP contribution < -0.4 is 0 Å². The molecule has 0 fully saturated rings. The van der Waals surface area contributed by atoms with Gasteiger partial charge in [0.15, 0.2) is 0 Å². The molecule has 1 aromatic carbocycles. The SMILES string of the molecule is C/C=C/c1c(C)c(C)c(C)c(C)c1C. The fourth-order valence-electron chi connectivity index (χ4n) is 1.95. The molecule has 1 aromatic rings. The Morgan fingerprint density at radius 1 is 0.643 bits per heavy atom. The number of allylic oxidation sites excluding steroid dienone is 1. The minimum Gasteiger partial charge on any atom is -0.0870 e. The van der Waals surface area contributed by atoms with E-state index in [2.05, 4.69) is 53.7 Å². The van der Waals surface area contributed by atoms with E-state index in [-0.39, 0.29) is 0 Å². The predicted octanol–water partition coefficient (Wildman–Crippen LogP) is 4.26. The van der Waals surface area contributed by atoms with Gasteiger partial charge in [0.25, 0.3) is 0 Å². The van der Waals surface area contributed by atoms with E-state index in [0.717, 1.165) is 0 Å². The second-order valence-corrected chi connectivity index (χ2v) is 4.04. The van der Waals surface area contributed by atoms with Crippen LogP contribution in [0.5, 0.6) is 0 Å².